The molecule has 7 unspecified atom stereocenters. The average Bonchev–Trinajstić information content (AvgIpc) is 3.07. The highest BCUT2D eigenvalue weighted by Crippen LogP contribution is 2.63. The van der Waals surface area contributed by atoms with Gasteiger partial charge in [-0.3, -0.25) is 4.79 Å². The number of rotatable bonds is 2. The van der Waals surface area contributed by atoms with Crippen LogP contribution in [0.1, 0.15) is 85.5 Å². The van der Waals surface area contributed by atoms with Crippen LogP contribution < -0.4 is 0 Å². The van der Waals surface area contributed by atoms with Crippen molar-refractivity contribution < 1.29 is 15.0 Å². The van der Waals surface area contributed by atoms with Crippen molar-refractivity contribution in [2.24, 2.45) is 34.5 Å². The van der Waals surface area contributed by atoms with E-state index < -0.39 is 6.10 Å². The monoisotopic (exact) mass is 402 g/mol. The van der Waals surface area contributed by atoms with E-state index >= 15 is 0 Å². The molecule has 0 amide bonds. The Bertz CT molecular complexity index is 665. The number of allylic oxidation sites excluding steroid dienone is 1. The Morgan fingerprint density at radius 2 is 1.83 bits per heavy atom. The van der Waals surface area contributed by atoms with Crippen LogP contribution in [0.25, 0.3) is 0 Å². The van der Waals surface area contributed by atoms with Crippen molar-refractivity contribution in [3.05, 3.63) is 23.8 Å². The number of aliphatic hydroxyl groups excluding tert-OH is 2. The van der Waals surface area contributed by atoms with Gasteiger partial charge in [0.05, 0.1) is 12.7 Å². The molecule has 0 bridgehead atoms. The molecule has 4 aliphatic rings. The van der Waals surface area contributed by atoms with E-state index in [-0.39, 0.29) is 23.2 Å². The molecule has 2 N–H and O–H groups in total. The van der Waals surface area contributed by atoms with Crippen molar-refractivity contribution >= 4 is 5.78 Å². The third-order valence-electron chi connectivity index (χ3n) is 9.14. The summed E-state index contributed by atoms with van der Waals surface area (Å²) < 4.78 is 0. The predicted octanol–water partition coefficient (Wildman–Crippen LogP) is 5.46. The van der Waals surface area contributed by atoms with Gasteiger partial charge in [-0.25, -0.2) is 0 Å². The van der Waals surface area contributed by atoms with Gasteiger partial charge in [0.15, 0.2) is 5.78 Å². The Kier molecular flexibility index (Phi) is 6.80. The maximum Gasteiger partial charge on any atom is 0.155 e. The van der Waals surface area contributed by atoms with Gasteiger partial charge < -0.3 is 10.2 Å². The first-order valence-electron chi connectivity index (χ1n) is 12.0. The van der Waals surface area contributed by atoms with Gasteiger partial charge in [0.1, 0.15) is 0 Å². The van der Waals surface area contributed by atoms with Crippen molar-refractivity contribution in [2.45, 2.75) is 91.6 Å². The number of carbonyl (C=O) groups is 1. The molecule has 0 saturated heterocycles. The summed E-state index contributed by atoms with van der Waals surface area (Å²) in [5.41, 5.74) is 2.22. The van der Waals surface area contributed by atoms with E-state index in [1.165, 1.54) is 25.7 Å². The minimum Gasteiger partial charge on any atom is -0.392 e. The van der Waals surface area contributed by atoms with Gasteiger partial charge >= 0.3 is 0 Å². The molecule has 0 aromatic rings. The van der Waals surface area contributed by atoms with Crippen molar-refractivity contribution in [3.63, 3.8) is 0 Å². The summed E-state index contributed by atoms with van der Waals surface area (Å²) in [6, 6.07) is 0. The summed E-state index contributed by atoms with van der Waals surface area (Å²) in [6.45, 7) is 12.9. The Labute approximate surface area is 177 Å². The third-order valence-corrected chi connectivity index (χ3v) is 9.14. The lowest BCUT2D eigenvalue weighted by Gasteiger charge is -2.52. The van der Waals surface area contributed by atoms with Gasteiger partial charge in [-0.2, -0.15) is 0 Å². The highest BCUT2D eigenvalue weighted by molar-refractivity contribution is 5.91. The van der Waals surface area contributed by atoms with Crippen molar-refractivity contribution in [2.75, 3.05) is 6.61 Å². The van der Waals surface area contributed by atoms with Crippen molar-refractivity contribution in [1.29, 1.82) is 0 Å². The van der Waals surface area contributed by atoms with Crippen LogP contribution in [0.3, 0.4) is 0 Å². The molecule has 0 radical (unpaired) electrons. The molecule has 3 nitrogen and oxygen atoms in total. The van der Waals surface area contributed by atoms with E-state index in [2.05, 4.69) is 20.4 Å². The zero-order valence-corrected chi connectivity index (χ0v) is 19.0. The Morgan fingerprint density at radius 3 is 2.52 bits per heavy atom. The molecular formula is C26H42O3. The van der Waals surface area contributed by atoms with Crippen LogP contribution in [0.2, 0.25) is 0 Å². The van der Waals surface area contributed by atoms with Crippen molar-refractivity contribution in [3.8, 4) is 0 Å². The van der Waals surface area contributed by atoms with E-state index in [1.54, 1.807) is 6.08 Å². The highest BCUT2D eigenvalue weighted by Gasteiger charge is 2.55. The summed E-state index contributed by atoms with van der Waals surface area (Å²) >= 11 is 0. The first kappa shape index (κ1) is 22.7. The molecule has 0 aromatic heterocycles. The number of hydrogen-bond donors (Lipinski definition) is 2. The zero-order chi connectivity index (χ0) is 21.4. The second kappa shape index (κ2) is 8.67. The van der Waals surface area contributed by atoms with Crippen LogP contribution in [0.15, 0.2) is 23.8 Å². The van der Waals surface area contributed by atoms with E-state index in [0.29, 0.717) is 30.1 Å². The van der Waals surface area contributed by atoms with Crippen LogP contribution in [0, 0.1) is 34.5 Å². The fraction of sp³-hybridized carbons (Fsp3) is 0.808. The average molecular weight is 403 g/mol. The first-order chi connectivity index (χ1) is 13.8. The molecule has 4 rings (SSSR count). The predicted molar refractivity (Wildman–Crippen MR) is 118 cm³/mol. The van der Waals surface area contributed by atoms with Gasteiger partial charge in [0.2, 0.25) is 0 Å². The number of hydrogen-bond acceptors (Lipinski definition) is 3. The summed E-state index contributed by atoms with van der Waals surface area (Å²) in [4.78, 5) is 12.1. The zero-order valence-electron chi connectivity index (χ0n) is 19.0. The lowest BCUT2D eigenvalue weighted by Crippen LogP contribution is -2.46. The Hall–Kier alpha value is -0.930. The van der Waals surface area contributed by atoms with E-state index in [0.717, 1.165) is 36.8 Å². The molecule has 3 saturated carbocycles. The Morgan fingerprint density at radius 1 is 1.14 bits per heavy atom. The smallest absolute Gasteiger partial charge is 0.155 e. The molecule has 4 aliphatic carbocycles. The normalized spacial score (nSPS) is 44.1. The minimum atomic E-state index is -0.477. The number of carbonyl (C=O) groups excluding carboxylic acids is 1. The number of fused-ring (bicyclic) bond motifs is 4. The van der Waals surface area contributed by atoms with Gasteiger partial charge in [0, 0.05) is 6.42 Å². The molecule has 3 fully saturated rings. The second-order valence-electron chi connectivity index (χ2n) is 10.4. The van der Waals surface area contributed by atoms with Gasteiger partial charge in [-0.15, -0.1) is 0 Å². The van der Waals surface area contributed by atoms with E-state index in [1.807, 2.05) is 13.8 Å². The fourth-order valence-corrected chi connectivity index (χ4v) is 7.48. The summed E-state index contributed by atoms with van der Waals surface area (Å²) in [6.07, 6.45) is 10.7. The Balaban J connectivity index is 0.00000117. The quantitative estimate of drug-likeness (QED) is 0.603. The lowest BCUT2D eigenvalue weighted by molar-refractivity contribution is -0.116. The maximum absolute atomic E-state index is 12.1. The fourth-order valence-electron chi connectivity index (χ4n) is 7.48. The SMILES string of the molecule is C=C(CO)C1CCC2C3CC(O)C4=CC(=O)CCC4(C)CCC3CCC12C.CC. The van der Waals surface area contributed by atoms with Crippen LogP contribution >= 0.6 is 0 Å². The van der Waals surface area contributed by atoms with Crippen LogP contribution in [-0.2, 0) is 4.79 Å². The second-order valence-corrected chi connectivity index (χ2v) is 10.4. The molecular weight excluding hydrogens is 360 g/mol. The first-order valence-corrected chi connectivity index (χ1v) is 12.0. The minimum absolute atomic E-state index is 0.00241. The van der Waals surface area contributed by atoms with E-state index in [4.69, 9.17) is 0 Å². The molecule has 0 spiro atoms. The van der Waals surface area contributed by atoms with Crippen molar-refractivity contribution in [1.82, 2.24) is 0 Å². The summed E-state index contributed by atoms with van der Waals surface area (Å²) in [5.74, 6) is 2.42. The molecule has 0 aromatic carbocycles. The van der Waals surface area contributed by atoms with Crippen LogP contribution in [-0.4, -0.2) is 28.7 Å². The topological polar surface area (TPSA) is 57.5 Å². The van der Waals surface area contributed by atoms with Crippen LogP contribution in [0.5, 0.6) is 0 Å². The van der Waals surface area contributed by atoms with Crippen LogP contribution in [0.4, 0.5) is 0 Å². The van der Waals surface area contributed by atoms with Gasteiger partial charge in [0.25, 0.3) is 0 Å². The number of aliphatic hydroxyl groups is 2. The molecule has 3 heteroatoms. The summed E-state index contributed by atoms with van der Waals surface area (Å²) in [7, 11) is 0. The standard InChI is InChI=1S/C24H36O3.C2H6/c1-15(14-25)19-4-5-20-18-13-22(27)21-12-17(26)8-10-23(21,2)9-6-16(18)7-11-24(19,20)3;1-2/h12,16,18-20,22,25,27H,1,4-11,13-14H2,2-3H3;1-2H3. The molecule has 29 heavy (non-hydrogen) atoms. The maximum atomic E-state index is 12.1. The lowest BCUT2D eigenvalue weighted by atomic mass is 9.53. The molecule has 164 valence electrons. The van der Waals surface area contributed by atoms with Gasteiger partial charge in [-0.1, -0.05) is 34.3 Å². The molecule has 0 heterocycles. The summed E-state index contributed by atoms with van der Waals surface area (Å²) in [5, 5.41) is 20.8. The van der Waals surface area contributed by atoms with Gasteiger partial charge in [-0.05, 0) is 103 Å². The largest absolute Gasteiger partial charge is 0.392 e. The highest BCUT2D eigenvalue weighted by atomic mass is 16.3. The third kappa shape index (κ3) is 3.90. The van der Waals surface area contributed by atoms with E-state index in [9.17, 15) is 15.0 Å². The number of ketones is 1. The molecule has 7 atom stereocenters. The molecule has 0 aliphatic heterocycles.